The van der Waals surface area contributed by atoms with Gasteiger partial charge in [-0.1, -0.05) is 6.07 Å². The molecule has 4 rings (SSSR count). The summed E-state index contributed by atoms with van der Waals surface area (Å²) in [6.07, 6.45) is -1.50. The highest BCUT2D eigenvalue weighted by Gasteiger charge is 2.29. The normalized spacial score (nSPS) is 13.1. The predicted octanol–water partition coefficient (Wildman–Crippen LogP) is 4.96. The predicted molar refractivity (Wildman–Crippen MR) is 132 cm³/mol. The van der Waals surface area contributed by atoms with Crippen LogP contribution in [0.25, 0.3) is 22.3 Å². The number of hydrogen-bond acceptors (Lipinski definition) is 9. The Hall–Kier alpha value is -3.96. The van der Waals surface area contributed by atoms with Crippen molar-refractivity contribution >= 4 is 11.0 Å². The fourth-order valence-electron chi connectivity index (χ4n) is 3.36. The summed E-state index contributed by atoms with van der Waals surface area (Å²) in [7, 11) is 1.62. The number of rotatable bonds is 7. The van der Waals surface area contributed by atoms with E-state index >= 15 is 0 Å². The minimum absolute atomic E-state index is 0.0310. The molecule has 37 heavy (non-hydrogen) atoms. The molecule has 0 aliphatic carbocycles. The van der Waals surface area contributed by atoms with E-state index in [2.05, 4.69) is 30.2 Å². The van der Waals surface area contributed by atoms with E-state index in [1.807, 2.05) is 41.5 Å². The van der Waals surface area contributed by atoms with Crippen molar-refractivity contribution < 1.29 is 23.0 Å². The zero-order valence-corrected chi connectivity index (χ0v) is 21.7. The van der Waals surface area contributed by atoms with E-state index in [0.29, 0.717) is 22.3 Å². The van der Waals surface area contributed by atoms with Gasteiger partial charge in [0.2, 0.25) is 17.9 Å². The highest BCUT2D eigenvalue weighted by atomic mass is 19.3. The number of aromatic nitrogens is 7. The fraction of sp³-hybridized carbons (Fsp3) is 0.440. The number of fused-ring (bicyclic) bond motifs is 1. The molecule has 196 valence electrons. The largest absolute Gasteiger partial charge is 0.471 e. The molecular formula is C25H29F2N7O3. The van der Waals surface area contributed by atoms with Gasteiger partial charge in [0, 0.05) is 19.4 Å². The fourth-order valence-corrected chi connectivity index (χ4v) is 3.36. The number of aryl methyl sites for hydroxylation is 1. The van der Waals surface area contributed by atoms with Gasteiger partial charge in [0.1, 0.15) is 16.9 Å². The lowest BCUT2D eigenvalue weighted by Gasteiger charge is -2.24. The van der Waals surface area contributed by atoms with Crippen LogP contribution in [0.3, 0.4) is 0 Å². The van der Waals surface area contributed by atoms with Gasteiger partial charge in [-0.15, -0.1) is 15.3 Å². The third-order valence-electron chi connectivity index (χ3n) is 4.81. The van der Waals surface area contributed by atoms with Gasteiger partial charge in [-0.05, 0) is 59.7 Å². The second-order valence-electron chi connectivity index (χ2n) is 10.3. The molecule has 0 amide bonds. The molecule has 0 N–H and O–H groups in total. The lowest BCUT2D eigenvalue weighted by Crippen LogP contribution is -2.26. The van der Waals surface area contributed by atoms with Gasteiger partial charge in [-0.2, -0.15) is 4.98 Å². The van der Waals surface area contributed by atoms with E-state index in [0.717, 1.165) is 0 Å². The SMILES string of the molecule is Cn1nc(O[C@@H](c2ccccn2)C(F)F)c2cc(-c3cnc(OC(C)(C)C)nc3OC(C)(C)C)nnc21. The van der Waals surface area contributed by atoms with Crippen molar-refractivity contribution in [2.45, 2.75) is 65.3 Å². The van der Waals surface area contributed by atoms with Crippen LogP contribution in [0.4, 0.5) is 8.78 Å². The summed E-state index contributed by atoms with van der Waals surface area (Å²) in [5.41, 5.74) is 0.113. The van der Waals surface area contributed by atoms with E-state index in [-0.39, 0.29) is 23.5 Å². The highest BCUT2D eigenvalue weighted by Crippen LogP contribution is 2.35. The van der Waals surface area contributed by atoms with Gasteiger partial charge in [0.05, 0.1) is 16.6 Å². The van der Waals surface area contributed by atoms with Crippen molar-refractivity contribution in [3.05, 3.63) is 42.4 Å². The number of ether oxygens (including phenoxy) is 3. The van der Waals surface area contributed by atoms with Gasteiger partial charge >= 0.3 is 6.01 Å². The summed E-state index contributed by atoms with van der Waals surface area (Å²) in [4.78, 5) is 12.8. The van der Waals surface area contributed by atoms with Crippen LogP contribution in [0, 0.1) is 0 Å². The first kappa shape index (κ1) is 26.1. The quantitative estimate of drug-likeness (QED) is 0.339. The number of halogens is 2. The Labute approximate surface area is 213 Å². The van der Waals surface area contributed by atoms with E-state index in [9.17, 15) is 8.78 Å². The monoisotopic (exact) mass is 513 g/mol. The lowest BCUT2D eigenvalue weighted by atomic mass is 10.1. The molecule has 0 aromatic carbocycles. The van der Waals surface area contributed by atoms with Crippen LogP contribution in [0.2, 0.25) is 0 Å². The molecule has 0 radical (unpaired) electrons. The van der Waals surface area contributed by atoms with E-state index < -0.39 is 23.7 Å². The van der Waals surface area contributed by atoms with E-state index in [4.69, 9.17) is 14.2 Å². The smallest absolute Gasteiger partial charge is 0.320 e. The maximum Gasteiger partial charge on any atom is 0.320 e. The molecule has 12 heteroatoms. The first-order valence-electron chi connectivity index (χ1n) is 11.6. The van der Waals surface area contributed by atoms with E-state index in [1.54, 1.807) is 25.2 Å². The topological polar surface area (TPSA) is 110 Å². The molecule has 0 fully saturated rings. The molecular weight excluding hydrogens is 484 g/mol. The third kappa shape index (κ3) is 6.25. The third-order valence-corrected chi connectivity index (χ3v) is 4.81. The van der Waals surface area contributed by atoms with Crippen molar-refractivity contribution in [3.63, 3.8) is 0 Å². The molecule has 4 aromatic heterocycles. The maximum atomic E-state index is 13.9. The van der Waals surface area contributed by atoms with Gasteiger partial charge in [0.15, 0.2) is 5.65 Å². The van der Waals surface area contributed by atoms with Crippen LogP contribution in [-0.4, -0.2) is 52.6 Å². The standard InChI is InChI=1S/C25H29F2N7O3/c1-24(2,3)36-21-15(13-29-23(30-21)37-25(4,5)6)17-12-14-20(32-31-17)34(7)33-22(14)35-18(19(26)27)16-10-8-9-11-28-16/h8-13,18-19H,1-7H3/t18-/m0/s1. The van der Waals surface area contributed by atoms with Crippen molar-refractivity contribution in [1.29, 1.82) is 0 Å². The van der Waals surface area contributed by atoms with Gasteiger partial charge < -0.3 is 14.2 Å². The molecule has 4 heterocycles. The first-order valence-corrected chi connectivity index (χ1v) is 11.6. The average Bonchev–Trinajstić information content (AvgIpc) is 3.10. The number of alkyl halides is 2. The van der Waals surface area contributed by atoms with Crippen LogP contribution in [-0.2, 0) is 7.05 Å². The van der Waals surface area contributed by atoms with Crippen molar-refractivity contribution in [1.82, 2.24) is 34.9 Å². The minimum atomic E-state index is -2.84. The summed E-state index contributed by atoms with van der Waals surface area (Å²) in [5, 5.41) is 13.2. The van der Waals surface area contributed by atoms with Gasteiger partial charge in [-0.3, -0.25) is 4.98 Å². The zero-order chi connectivity index (χ0) is 27.0. The Balaban J connectivity index is 1.78. The van der Waals surface area contributed by atoms with Crippen LogP contribution in [0.1, 0.15) is 53.3 Å². The van der Waals surface area contributed by atoms with Crippen molar-refractivity contribution in [2.24, 2.45) is 7.05 Å². The number of pyridine rings is 1. The Morgan fingerprint density at radius 2 is 1.65 bits per heavy atom. The van der Waals surface area contributed by atoms with Crippen molar-refractivity contribution in [3.8, 4) is 29.0 Å². The zero-order valence-electron chi connectivity index (χ0n) is 21.7. The summed E-state index contributed by atoms with van der Waals surface area (Å²) in [5.74, 6) is 0.206. The van der Waals surface area contributed by atoms with Gasteiger partial charge in [0.25, 0.3) is 6.43 Å². The Kier molecular flexibility index (Phi) is 6.94. The number of nitrogens with zero attached hydrogens (tertiary/aromatic N) is 7. The molecule has 0 aliphatic rings. The molecule has 0 saturated heterocycles. The van der Waals surface area contributed by atoms with E-state index in [1.165, 1.54) is 23.1 Å². The van der Waals surface area contributed by atoms with Crippen LogP contribution < -0.4 is 14.2 Å². The first-order chi connectivity index (χ1) is 17.3. The second kappa shape index (κ2) is 9.83. The highest BCUT2D eigenvalue weighted by molar-refractivity contribution is 5.85. The van der Waals surface area contributed by atoms with Gasteiger partial charge in [-0.25, -0.2) is 18.4 Å². The summed E-state index contributed by atoms with van der Waals surface area (Å²) >= 11 is 0. The summed E-state index contributed by atoms with van der Waals surface area (Å²) < 4.78 is 46.8. The van der Waals surface area contributed by atoms with Crippen LogP contribution in [0.5, 0.6) is 17.8 Å². The molecule has 0 aliphatic heterocycles. The molecule has 1 atom stereocenters. The average molecular weight is 514 g/mol. The van der Waals surface area contributed by atoms with Crippen molar-refractivity contribution in [2.75, 3.05) is 0 Å². The van der Waals surface area contributed by atoms with Crippen LogP contribution >= 0.6 is 0 Å². The Bertz CT molecular complexity index is 1380. The minimum Gasteiger partial charge on any atom is -0.471 e. The number of hydrogen-bond donors (Lipinski definition) is 0. The van der Waals surface area contributed by atoms with Crippen LogP contribution in [0.15, 0.2) is 36.7 Å². The summed E-state index contributed by atoms with van der Waals surface area (Å²) in [6.45, 7) is 11.3. The Morgan fingerprint density at radius 3 is 2.27 bits per heavy atom. The second-order valence-corrected chi connectivity index (χ2v) is 10.3. The maximum absolute atomic E-state index is 13.9. The lowest BCUT2D eigenvalue weighted by molar-refractivity contribution is 0.00611. The molecule has 0 saturated carbocycles. The molecule has 0 unspecified atom stereocenters. The summed E-state index contributed by atoms with van der Waals surface area (Å²) in [6, 6.07) is 6.50. The molecule has 0 spiro atoms. The molecule has 0 bridgehead atoms. The Morgan fingerprint density at radius 1 is 0.919 bits per heavy atom. The molecule has 10 nitrogen and oxygen atoms in total. The molecule has 4 aromatic rings.